The van der Waals surface area contributed by atoms with Crippen molar-refractivity contribution in [2.24, 2.45) is 0 Å². The number of ether oxygens (including phenoxy) is 1. The van der Waals surface area contributed by atoms with Gasteiger partial charge in [-0.15, -0.1) is 11.8 Å². The van der Waals surface area contributed by atoms with E-state index in [4.69, 9.17) is 4.74 Å². The highest BCUT2D eigenvalue weighted by Crippen LogP contribution is 2.26. The molecule has 0 radical (unpaired) electrons. The summed E-state index contributed by atoms with van der Waals surface area (Å²) in [6.07, 6.45) is -0.951. The van der Waals surface area contributed by atoms with Crippen molar-refractivity contribution in [3.05, 3.63) is 65.4 Å². The highest BCUT2D eigenvalue weighted by molar-refractivity contribution is 8.00. The zero-order chi connectivity index (χ0) is 22.5. The lowest BCUT2D eigenvalue weighted by Gasteiger charge is -2.15. The maximum atomic E-state index is 13.1. The number of fused-ring (bicyclic) bond motifs is 1. The molecule has 6 nitrogen and oxygen atoms in total. The van der Waals surface area contributed by atoms with Gasteiger partial charge in [0.05, 0.1) is 11.3 Å². The van der Waals surface area contributed by atoms with Gasteiger partial charge in [0.1, 0.15) is 0 Å². The monoisotopic (exact) mass is 438 g/mol. The van der Waals surface area contributed by atoms with Gasteiger partial charge in [0, 0.05) is 33.1 Å². The molecule has 0 bridgehead atoms. The van der Waals surface area contributed by atoms with Crippen LogP contribution < -0.4 is 5.32 Å². The molecule has 0 aliphatic rings. The fourth-order valence-corrected chi connectivity index (χ4v) is 4.19. The summed E-state index contributed by atoms with van der Waals surface area (Å²) in [5, 5.41) is 3.63. The number of aromatic nitrogens is 1. The highest BCUT2D eigenvalue weighted by Gasteiger charge is 2.25. The molecule has 1 unspecified atom stereocenters. The van der Waals surface area contributed by atoms with Crippen LogP contribution in [0.4, 0.5) is 0 Å². The summed E-state index contributed by atoms with van der Waals surface area (Å²) in [6, 6.07) is 14.5. The Morgan fingerprint density at radius 3 is 2.45 bits per heavy atom. The molecule has 0 saturated heterocycles. The summed E-state index contributed by atoms with van der Waals surface area (Å²) in [6.45, 7) is 7.19. The zero-order valence-electron chi connectivity index (χ0n) is 18.0. The van der Waals surface area contributed by atoms with Crippen LogP contribution in [0, 0.1) is 6.92 Å². The van der Waals surface area contributed by atoms with E-state index in [9.17, 15) is 14.4 Å². The van der Waals surface area contributed by atoms with E-state index in [-0.39, 0.29) is 23.5 Å². The van der Waals surface area contributed by atoms with Gasteiger partial charge in [-0.3, -0.25) is 9.59 Å². The molecule has 1 aromatic heterocycles. The Bertz CT molecular complexity index is 1120. The molecule has 162 valence electrons. The number of Topliss-reactive ketones (excluding diaryl/α,β-unsaturated/α-hetero) is 1. The van der Waals surface area contributed by atoms with Crippen LogP contribution in [0.3, 0.4) is 0 Å². The van der Waals surface area contributed by atoms with Crippen LogP contribution in [-0.2, 0) is 9.53 Å². The quantitative estimate of drug-likeness (QED) is 0.307. The van der Waals surface area contributed by atoms with Crippen LogP contribution in [0.1, 0.15) is 47.2 Å². The molecular formula is C24H26N2O4S. The molecule has 7 heteroatoms. The Kier molecular flexibility index (Phi) is 7.17. The molecule has 0 spiro atoms. The molecule has 0 aliphatic carbocycles. The first-order chi connectivity index (χ1) is 14.8. The lowest BCUT2D eigenvalue weighted by molar-refractivity contribution is -0.119. The number of rotatable bonds is 8. The Morgan fingerprint density at radius 1 is 1.03 bits per heavy atom. The van der Waals surface area contributed by atoms with Crippen molar-refractivity contribution in [3.8, 4) is 0 Å². The van der Waals surface area contributed by atoms with E-state index < -0.39 is 12.1 Å². The molecule has 1 amide bonds. The van der Waals surface area contributed by atoms with Crippen LogP contribution in [0.5, 0.6) is 0 Å². The second-order valence-electron chi connectivity index (χ2n) is 7.59. The Hall–Kier alpha value is -3.06. The standard InChI is InChI=1S/C24H26N2O4S/c1-14(2)25-21(27)13-31-20-12-8-6-10-18(20)24(29)30-16(4)23(28)22-15(3)26-19-11-7-5-9-17(19)22/h5-12,14,16,26H,13H2,1-4H3,(H,25,27). The van der Waals surface area contributed by atoms with Crippen molar-refractivity contribution in [3.63, 3.8) is 0 Å². The second kappa shape index (κ2) is 9.83. The van der Waals surface area contributed by atoms with Gasteiger partial charge in [0.2, 0.25) is 11.7 Å². The molecule has 0 aliphatic heterocycles. The van der Waals surface area contributed by atoms with Gasteiger partial charge in [-0.1, -0.05) is 30.3 Å². The highest BCUT2D eigenvalue weighted by atomic mass is 32.2. The molecule has 1 atom stereocenters. The zero-order valence-corrected chi connectivity index (χ0v) is 18.8. The minimum atomic E-state index is -0.951. The number of H-pyrrole nitrogens is 1. The van der Waals surface area contributed by atoms with E-state index in [2.05, 4.69) is 10.3 Å². The summed E-state index contributed by atoms with van der Waals surface area (Å²) in [5.74, 6) is -0.775. The largest absolute Gasteiger partial charge is 0.451 e. The van der Waals surface area contributed by atoms with Crippen LogP contribution in [0.25, 0.3) is 10.9 Å². The number of nitrogens with one attached hydrogen (secondary N) is 2. The summed E-state index contributed by atoms with van der Waals surface area (Å²) in [5.41, 5.74) is 2.47. The number of thioether (sulfide) groups is 1. The van der Waals surface area contributed by atoms with Gasteiger partial charge in [-0.25, -0.2) is 4.79 Å². The SMILES string of the molecule is Cc1[nH]c2ccccc2c1C(=O)C(C)OC(=O)c1ccccc1SCC(=O)NC(C)C. The van der Waals surface area contributed by atoms with E-state index in [0.29, 0.717) is 16.0 Å². The number of aromatic amines is 1. The number of esters is 1. The van der Waals surface area contributed by atoms with Crippen LogP contribution in [-0.4, -0.2) is 40.5 Å². The van der Waals surface area contributed by atoms with Gasteiger partial charge in [0.15, 0.2) is 6.10 Å². The smallest absolute Gasteiger partial charge is 0.339 e. The van der Waals surface area contributed by atoms with E-state index in [1.807, 2.05) is 45.0 Å². The second-order valence-corrected chi connectivity index (χ2v) is 8.61. The van der Waals surface area contributed by atoms with Gasteiger partial charge in [-0.2, -0.15) is 0 Å². The maximum absolute atomic E-state index is 13.1. The van der Waals surface area contributed by atoms with Gasteiger partial charge in [0.25, 0.3) is 0 Å². The van der Waals surface area contributed by atoms with Crippen molar-refractivity contribution in [1.82, 2.24) is 10.3 Å². The molecule has 2 aromatic carbocycles. The number of aryl methyl sites for hydroxylation is 1. The van der Waals surface area contributed by atoms with Crippen LogP contribution in [0.15, 0.2) is 53.4 Å². The molecule has 0 saturated carbocycles. The minimum absolute atomic E-state index is 0.0492. The molecule has 3 aromatic rings. The fourth-order valence-electron chi connectivity index (χ4n) is 3.34. The fraction of sp³-hybridized carbons (Fsp3) is 0.292. The predicted molar refractivity (Wildman–Crippen MR) is 123 cm³/mol. The first-order valence-corrected chi connectivity index (χ1v) is 11.1. The van der Waals surface area contributed by atoms with Gasteiger partial charge >= 0.3 is 5.97 Å². The lowest BCUT2D eigenvalue weighted by Crippen LogP contribution is -2.31. The number of carbonyl (C=O) groups is 3. The average molecular weight is 439 g/mol. The topological polar surface area (TPSA) is 88.3 Å². The minimum Gasteiger partial charge on any atom is -0.451 e. The number of ketones is 1. The van der Waals surface area contributed by atoms with Gasteiger partial charge in [-0.05, 0) is 45.9 Å². The average Bonchev–Trinajstić information content (AvgIpc) is 3.06. The predicted octanol–water partition coefficient (Wildman–Crippen LogP) is 4.52. The Labute approximate surface area is 185 Å². The molecule has 31 heavy (non-hydrogen) atoms. The van der Waals surface area contributed by atoms with Crippen molar-refractivity contribution in [1.29, 1.82) is 0 Å². The normalized spacial score (nSPS) is 12.0. The first-order valence-electron chi connectivity index (χ1n) is 10.1. The number of benzene rings is 2. The number of hydrogen-bond acceptors (Lipinski definition) is 5. The van der Waals surface area contributed by atoms with E-state index in [1.54, 1.807) is 31.2 Å². The third-order valence-electron chi connectivity index (χ3n) is 4.71. The van der Waals surface area contributed by atoms with Crippen molar-refractivity contribution in [2.45, 2.75) is 44.7 Å². The Balaban J connectivity index is 1.73. The Morgan fingerprint density at radius 2 is 1.71 bits per heavy atom. The third kappa shape index (κ3) is 5.35. The summed E-state index contributed by atoms with van der Waals surface area (Å²) in [7, 11) is 0. The molecular weight excluding hydrogens is 412 g/mol. The van der Waals surface area contributed by atoms with E-state index >= 15 is 0 Å². The van der Waals surface area contributed by atoms with Crippen molar-refractivity contribution >= 4 is 40.3 Å². The van der Waals surface area contributed by atoms with E-state index in [0.717, 1.165) is 16.6 Å². The molecule has 2 N–H and O–H groups in total. The number of hydrogen-bond donors (Lipinski definition) is 2. The molecule has 0 fully saturated rings. The molecule has 3 rings (SSSR count). The maximum Gasteiger partial charge on any atom is 0.339 e. The van der Waals surface area contributed by atoms with Crippen molar-refractivity contribution < 1.29 is 19.1 Å². The van der Waals surface area contributed by atoms with Crippen molar-refractivity contribution in [2.75, 3.05) is 5.75 Å². The van der Waals surface area contributed by atoms with Crippen LogP contribution >= 0.6 is 11.8 Å². The lowest BCUT2D eigenvalue weighted by atomic mass is 10.0. The van der Waals surface area contributed by atoms with Crippen LogP contribution in [0.2, 0.25) is 0 Å². The van der Waals surface area contributed by atoms with Gasteiger partial charge < -0.3 is 15.0 Å². The third-order valence-corrected chi connectivity index (χ3v) is 5.78. The summed E-state index contributed by atoms with van der Waals surface area (Å²) >= 11 is 1.26. The van der Waals surface area contributed by atoms with E-state index in [1.165, 1.54) is 11.8 Å². The number of amides is 1. The summed E-state index contributed by atoms with van der Waals surface area (Å²) in [4.78, 5) is 41.7. The summed E-state index contributed by atoms with van der Waals surface area (Å²) < 4.78 is 5.52. The molecule has 1 heterocycles. The number of carbonyl (C=O) groups excluding carboxylic acids is 3. The first kappa shape index (κ1) is 22.6. The number of para-hydroxylation sites is 1.